The Morgan fingerprint density at radius 3 is 2.17 bits per heavy atom. The Bertz CT molecular complexity index is 1340. The van der Waals surface area contributed by atoms with Gasteiger partial charge in [0.2, 0.25) is 0 Å². The summed E-state index contributed by atoms with van der Waals surface area (Å²) in [7, 11) is 3.10. The van der Waals surface area contributed by atoms with Crippen LogP contribution in [0.3, 0.4) is 0 Å². The lowest BCUT2D eigenvalue weighted by Gasteiger charge is -2.14. The topological polar surface area (TPSA) is 97.4 Å². The molecule has 0 atom stereocenters. The van der Waals surface area contributed by atoms with Crippen LogP contribution in [-0.4, -0.2) is 30.2 Å². The van der Waals surface area contributed by atoms with Gasteiger partial charge in [-0.25, -0.2) is 14.8 Å². The van der Waals surface area contributed by atoms with E-state index in [0.717, 1.165) is 12.1 Å². The normalized spacial score (nSPS) is 11.1. The third-order valence-electron chi connectivity index (χ3n) is 5.00. The lowest BCUT2D eigenvalue weighted by molar-refractivity contribution is -0.137. The summed E-state index contributed by atoms with van der Waals surface area (Å²) in [5.41, 5.74) is 0.921. The van der Waals surface area contributed by atoms with E-state index in [9.17, 15) is 18.0 Å². The minimum Gasteiger partial charge on any atom is -0.497 e. The highest BCUT2D eigenvalue weighted by Gasteiger charge is 2.30. The van der Waals surface area contributed by atoms with Crippen molar-refractivity contribution in [3.8, 4) is 11.5 Å². The molecule has 35 heavy (non-hydrogen) atoms. The first kappa shape index (κ1) is 23.6. The molecule has 0 fully saturated rings. The summed E-state index contributed by atoms with van der Waals surface area (Å²) < 4.78 is 48.8. The van der Waals surface area contributed by atoms with E-state index in [2.05, 4.69) is 25.9 Å². The average Bonchev–Trinajstić information content (AvgIpc) is 2.84. The summed E-state index contributed by atoms with van der Waals surface area (Å²) in [5, 5.41) is 9.01. The number of ether oxygens (including phenoxy) is 2. The van der Waals surface area contributed by atoms with Gasteiger partial charge in [0.15, 0.2) is 0 Å². The van der Waals surface area contributed by atoms with Gasteiger partial charge in [-0.3, -0.25) is 0 Å². The second kappa shape index (κ2) is 9.75. The van der Waals surface area contributed by atoms with Gasteiger partial charge in [-0.1, -0.05) is 6.07 Å². The van der Waals surface area contributed by atoms with Crippen molar-refractivity contribution in [1.82, 2.24) is 9.97 Å². The summed E-state index contributed by atoms with van der Waals surface area (Å²) in [5.74, 6) is 1.66. The van der Waals surface area contributed by atoms with Crippen molar-refractivity contribution >= 4 is 39.8 Å². The minimum atomic E-state index is -4.45. The Kier molecular flexibility index (Phi) is 6.58. The Balaban J connectivity index is 1.55. The van der Waals surface area contributed by atoms with Gasteiger partial charge in [0, 0.05) is 35.0 Å². The molecule has 3 aromatic carbocycles. The molecule has 0 unspecified atom stereocenters. The number of fused-ring (bicyclic) bond motifs is 1. The lowest BCUT2D eigenvalue weighted by atomic mass is 10.2. The zero-order valence-electron chi connectivity index (χ0n) is 18.6. The Hall–Kier alpha value is -4.54. The Morgan fingerprint density at radius 1 is 0.857 bits per heavy atom. The number of methoxy groups -OCH3 is 2. The van der Waals surface area contributed by atoms with E-state index >= 15 is 0 Å². The number of nitrogens with zero attached hydrogens (tertiary/aromatic N) is 2. The predicted molar refractivity (Wildman–Crippen MR) is 126 cm³/mol. The predicted octanol–water partition coefficient (Wildman–Crippen LogP) is 6.05. The largest absolute Gasteiger partial charge is 0.497 e. The first-order valence-corrected chi connectivity index (χ1v) is 10.3. The Labute approximate surface area is 198 Å². The number of halogens is 3. The van der Waals surface area contributed by atoms with Crippen molar-refractivity contribution in [2.45, 2.75) is 6.18 Å². The number of anilines is 4. The highest BCUT2D eigenvalue weighted by Crippen LogP contribution is 2.32. The number of nitrogens with one attached hydrogen (secondary N) is 3. The molecule has 11 heteroatoms. The van der Waals surface area contributed by atoms with Gasteiger partial charge in [-0.15, -0.1) is 0 Å². The van der Waals surface area contributed by atoms with Gasteiger partial charge in [0.1, 0.15) is 23.6 Å². The maximum atomic E-state index is 12.7. The number of aromatic nitrogens is 2. The van der Waals surface area contributed by atoms with Gasteiger partial charge >= 0.3 is 12.2 Å². The quantitative estimate of drug-likeness (QED) is 0.309. The monoisotopic (exact) mass is 483 g/mol. The molecule has 0 aliphatic heterocycles. The van der Waals surface area contributed by atoms with Gasteiger partial charge < -0.3 is 25.4 Å². The molecule has 0 aliphatic rings. The van der Waals surface area contributed by atoms with Gasteiger partial charge in [0.25, 0.3) is 0 Å². The fourth-order valence-corrected chi connectivity index (χ4v) is 3.33. The van der Waals surface area contributed by atoms with Crippen molar-refractivity contribution in [3.63, 3.8) is 0 Å². The molecule has 0 aliphatic carbocycles. The fourth-order valence-electron chi connectivity index (χ4n) is 3.33. The summed E-state index contributed by atoms with van der Waals surface area (Å²) in [4.78, 5) is 21.1. The Morgan fingerprint density at radius 2 is 1.54 bits per heavy atom. The molecular weight excluding hydrogens is 463 g/mol. The smallest absolute Gasteiger partial charge is 0.416 e. The lowest BCUT2D eigenvalue weighted by Crippen LogP contribution is -2.20. The number of alkyl halides is 3. The molecule has 0 saturated carbocycles. The van der Waals surface area contributed by atoms with Crippen LogP contribution in [0.5, 0.6) is 11.5 Å². The number of amides is 2. The second-order valence-corrected chi connectivity index (χ2v) is 7.30. The summed E-state index contributed by atoms with van der Waals surface area (Å²) >= 11 is 0. The van der Waals surface area contributed by atoms with Crippen molar-refractivity contribution in [3.05, 3.63) is 72.6 Å². The van der Waals surface area contributed by atoms with Crippen molar-refractivity contribution in [1.29, 1.82) is 0 Å². The van der Waals surface area contributed by atoms with E-state index in [1.54, 1.807) is 50.6 Å². The van der Waals surface area contributed by atoms with E-state index in [1.807, 2.05) is 0 Å². The van der Waals surface area contributed by atoms with Crippen molar-refractivity contribution in [2.75, 3.05) is 30.2 Å². The standard InChI is InChI=1S/C24H20F3N5O3/c1-34-17-10-16(11-18(12-17)35-2)30-22-19-4-3-5-20(21(19)28-13-29-22)32-23(33)31-15-8-6-14(7-9-15)24(25,26)27/h3-13H,1-2H3,(H,28,29,30)(H2,31,32,33). The van der Waals surface area contributed by atoms with E-state index < -0.39 is 17.8 Å². The zero-order valence-corrected chi connectivity index (χ0v) is 18.6. The molecule has 1 heterocycles. The van der Waals surface area contributed by atoms with Crippen LogP contribution in [0.4, 0.5) is 40.8 Å². The molecule has 0 bridgehead atoms. The number of para-hydroxylation sites is 1. The van der Waals surface area contributed by atoms with Crippen LogP contribution in [-0.2, 0) is 6.18 Å². The van der Waals surface area contributed by atoms with Crippen LogP contribution in [0.2, 0.25) is 0 Å². The fraction of sp³-hybridized carbons (Fsp3) is 0.125. The SMILES string of the molecule is COc1cc(Nc2ncnc3c(NC(=O)Nc4ccc(C(F)(F)F)cc4)cccc23)cc(OC)c1. The highest BCUT2D eigenvalue weighted by atomic mass is 19.4. The van der Waals surface area contributed by atoms with Gasteiger partial charge in [-0.2, -0.15) is 13.2 Å². The number of hydrogen-bond donors (Lipinski definition) is 3. The van der Waals surface area contributed by atoms with Gasteiger partial charge in [-0.05, 0) is 36.4 Å². The molecule has 0 radical (unpaired) electrons. The molecule has 0 spiro atoms. The van der Waals surface area contributed by atoms with Gasteiger partial charge in [0.05, 0.1) is 31.0 Å². The maximum absolute atomic E-state index is 12.7. The number of benzene rings is 3. The molecule has 1 aromatic heterocycles. The molecule has 3 N–H and O–H groups in total. The number of urea groups is 1. The van der Waals surface area contributed by atoms with Crippen LogP contribution in [0.15, 0.2) is 67.0 Å². The number of carbonyl (C=O) groups excluding carboxylic acids is 1. The zero-order chi connectivity index (χ0) is 25.0. The van der Waals surface area contributed by atoms with Crippen molar-refractivity contribution in [2.24, 2.45) is 0 Å². The summed E-state index contributed by atoms with van der Waals surface area (Å²) in [6.07, 6.45) is -3.10. The van der Waals surface area contributed by atoms with E-state index in [1.165, 1.54) is 18.5 Å². The number of carbonyl (C=O) groups is 1. The first-order chi connectivity index (χ1) is 16.8. The first-order valence-electron chi connectivity index (χ1n) is 10.3. The van der Waals surface area contributed by atoms with Crippen LogP contribution in [0, 0.1) is 0 Å². The summed E-state index contributed by atoms with van der Waals surface area (Å²) in [6, 6.07) is 14.0. The average molecular weight is 483 g/mol. The summed E-state index contributed by atoms with van der Waals surface area (Å²) in [6.45, 7) is 0. The molecule has 4 rings (SSSR count). The molecular formula is C24H20F3N5O3. The molecule has 180 valence electrons. The van der Waals surface area contributed by atoms with E-state index in [0.29, 0.717) is 39.6 Å². The molecule has 0 saturated heterocycles. The van der Waals surface area contributed by atoms with Crippen LogP contribution >= 0.6 is 0 Å². The minimum absolute atomic E-state index is 0.208. The highest BCUT2D eigenvalue weighted by molar-refractivity contribution is 6.07. The van der Waals surface area contributed by atoms with E-state index in [-0.39, 0.29) is 5.69 Å². The van der Waals surface area contributed by atoms with Crippen molar-refractivity contribution < 1.29 is 27.4 Å². The third kappa shape index (κ3) is 5.52. The second-order valence-electron chi connectivity index (χ2n) is 7.30. The molecule has 4 aromatic rings. The van der Waals surface area contributed by atoms with Crippen LogP contribution in [0.1, 0.15) is 5.56 Å². The number of hydrogen-bond acceptors (Lipinski definition) is 6. The molecule has 2 amide bonds. The maximum Gasteiger partial charge on any atom is 0.416 e. The van der Waals surface area contributed by atoms with Crippen LogP contribution < -0.4 is 25.4 Å². The molecule has 8 nitrogen and oxygen atoms in total. The number of rotatable bonds is 6. The van der Waals surface area contributed by atoms with E-state index in [4.69, 9.17) is 9.47 Å². The van der Waals surface area contributed by atoms with Crippen LogP contribution in [0.25, 0.3) is 10.9 Å². The third-order valence-corrected chi connectivity index (χ3v) is 5.00.